The third-order valence-electron chi connectivity index (χ3n) is 2.28. The monoisotopic (exact) mass is 310 g/mol. The molecular weight excluding hydrogens is 296 g/mol. The second-order valence-corrected chi connectivity index (χ2v) is 4.12. The van der Waals surface area contributed by atoms with Crippen LogP contribution in [0, 0.1) is 10.1 Å². The van der Waals surface area contributed by atoms with Gasteiger partial charge in [0.15, 0.2) is 10.9 Å². The molecule has 1 aromatic rings. The molecule has 0 bridgehead atoms. The van der Waals surface area contributed by atoms with Crippen molar-refractivity contribution in [3.05, 3.63) is 40.5 Å². The molecule has 0 fully saturated rings. The van der Waals surface area contributed by atoms with Crippen LogP contribution in [0.15, 0.2) is 29.9 Å². The van der Waals surface area contributed by atoms with Crippen molar-refractivity contribution in [1.29, 1.82) is 0 Å². The topological polar surface area (TPSA) is 109 Å². The van der Waals surface area contributed by atoms with Crippen LogP contribution in [0.5, 0.6) is 11.5 Å². The van der Waals surface area contributed by atoms with Gasteiger partial charge in [-0.25, -0.2) is 0 Å². The van der Waals surface area contributed by atoms with Gasteiger partial charge < -0.3 is 15.2 Å². The number of hydrogen-bond acceptors (Lipinski definition) is 6. The molecule has 0 aliphatic heterocycles. The van der Waals surface area contributed by atoms with Crippen LogP contribution >= 0.6 is 12.2 Å². The second-order valence-electron chi connectivity index (χ2n) is 3.72. The van der Waals surface area contributed by atoms with E-state index < -0.39 is 16.4 Å². The average molecular weight is 310 g/mol. The zero-order chi connectivity index (χ0) is 15.8. The van der Waals surface area contributed by atoms with E-state index in [1.165, 1.54) is 25.5 Å². The molecule has 0 aliphatic rings. The molecule has 0 aliphatic carbocycles. The molecular formula is C12H14N4O4S. The van der Waals surface area contributed by atoms with Gasteiger partial charge in [0.05, 0.1) is 18.2 Å². The first-order valence-electron chi connectivity index (χ1n) is 5.72. The SMILES string of the molecule is C=CCNC(=S)N/N=C\c1cc(OC)c(O)c([N+](=O)[O-])c1. The Labute approximate surface area is 126 Å². The van der Waals surface area contributed by atoms with Gasteiger partial charge in [-0.2, -0.15) is 5.10 Å². The zero-order valence-electron chi connectivity index (χ0n) is 11.2. The van der Waals surface area contributed by atoms with Crippen LogP contribution in [0.3, 0.4) is 0 Å². The molecule has 112 valence electrons. The Hall–Kier alpha value is -2.68. The molecule has 3 N–H and O–H groups in total. The lowest BCUT2D eigenvalue weighted by Crippen LogP contribution is -2.31. The van der Waals surface area contributed by atoms with E-state index in [0.29, 0.717) is 12.1 Å². The Balaban J connectivity index is 2.88. The number of hydrogen-bond donors (Lipinski definition) is 3. The number of rotatable bonds is 6. The summed E-state index contributed by atoms with van der Waals surface area (Å²) in [5.74, 6) is -0.547. The first-order valence-corrected chi connectivity index (χ1v) is 6.13. The quantitative estimate of drug-likeness (QED) is 0.239. The number of nitrogens with zero attached hydrogens (tertiary/aromatic N) is 2. The van der Waals surface area contributed by atoms with Gasteiger partial charge in [-0.15, -0.1) is 6.58 Å². The van der Waals surface area contributed by atoms with Gasteiger partial charge in [0.2, 0.25) is 5.75 Å². The van der Waals surface area contributed by atoms with Crippen molar-refractivity contribution in [2.24, 2.45) is 5.10 Å². The molecule has 9 heteroatoms. The van der Waals surface area contributed by atoms with E-state index in [2.05, 4.69) is 22.4 Å². The van der Waals surface area contributed by atoms with Gasteiger partial charge in [-0.3, -0.25) is 15.5 Å². The number of nitro benzene ring substituents is 1. The maximum absolute atomic E-state index is 10.8. The zero-order valence-corrected chi connectivity index (χ0v) is 12.0. The minimum Gasteiger partial charge on any atom is -0.500 e. The molecule has 0 aromatic heterocycles. The number of nitrogens with one attached hydrogen (secondary N) is 2. The van der Waals surface area contributed by atoms with Gasteiger partial charge >= 0.3 is 5.69 Å². The van der Waals surface area contributed by atoms with Gasteiger partial charge in [0.25, 0.3) is 0 Å². The summed E-state index contributed by atoms with van der Waals surface area (Å²) in [5, 5.41) is 27.4. The van der Waals surface area contributed by atoms with Crippen LogP contribution in [0.4, 0.5) is 5.69 Å². The number of aromatic hydroxyl groups is 1. The first-order chi connectivity index (χ1) is 9.99. The summed E-state index contributed by atoms with van der Waals surface area (Å²) in [5.41, 5.74) is 2.44. The minimum atomic E-state index is -0.709. The summed E-state index contributed by atoms with van der Waals surface area (Å²) in [6, 6.07) is 2.58. The van der Waals surface area contributed by atoms with Crippen LogP contribution < -0.4 is 15.5 Å². The average Bonchev–Trinajstić information content (AvgIpc) is 2.46. The normalized spacial score (nSPS) is 10.1. The highest BCUT2D eigenvalue weighted by molar-refractivity contribution is 7.80. The van der Waals surface area contributed by atoms with Crippen molar-refractivity contribution in [3.63, 3.8) is 0 Å². The largest absolute Gasteiger partial charge is 0.500 e. The molecule has 0 radical (unpaired) electrons. The Morgan fingerprint density at radius 2 is 2.38 bits per heavy atom. The van der Waals surface area contributed by atoms with E-state index >= 15 is 0 Å². The Kier molecular flexibility index (Phi) is 6.08. The summed E-state index contributed by atoms with van der Waals surface area (Å²) < 4.78 is 4.87. The van der Waals surface area contributed by atoms with Gasteiger partial charge in [0, 0.05) is 18.2 Å². The van der Waals surface area contributed by atoms with E-state index in [9.17, 15) is 15.2 Å². The maximum Gasteiger partial charge on any atom is 0.315 e. The maximum atomic E-state index is 10.8. The Morgan fingerprint density at radius 3 is 2.95 bits per heavy atom. The number of benzene rings is 1. The van der Waals surface area contributed by atoms with E-state index in [-0.39, 0.29) is 10.9 Å². The molecule has 0 unspecified atom stereocenters. The molecule has 0 saturated carbocycles. The van der Waals surface area contributed by atoms with Crippen molar-refractivity contribution < 1.29 is 14.8 Å². The number of hydrazone groups is 1. The molecule has 0 atom stereocenters. The second kappa shape index (κ2) is 7.80. The van der Waals surface area contributed by atoms with Crippen LogP contribution in [0.1, 0.15) is 5.56 Å². The van der Waals surface area contributed by atoms with Crippen molar-refractivity contribution in [1.82, 2.24) is 10.7 Å². The number of ether oxygens (including phenoxy) is 1. The molecule has 0 spiro atoms. The highest BCUT2D eigenvalue weighted by atomic mass is 32.1. The third-order valence-corrected chi connectivity index (χ3v) is 2.52. The van der Waals surface area contributed by atoms with Crippen LogP contribution in [-0.2, 0) is 0 Å². The fourth-order valence-electron chi connectivity index (χ4n) is 1.35. The number of phenols is 1. The summed E-state index contributed by atoms with van der Waals surface area (Å²) in [6.07, 6.45) is 2.95. The summed E-state index contributed by atoms with van der Waals surface area (Å²) in [4.78, 5) is 10.1. The highest BCUT2D eigenvalue weighted by Crippen LogP contribution is 2.36. The Bertz CT molecular complexity index is 589. The minimum absolute atomic E-state index is 0.0157. The lowest BCUT2D eigenvalue weighted by Gasteiger charge is -2.05. The summed E-state index contributed by atoms with van der Waals surface area (Å²) >= 11 is 4.91. The van der Waals surface area contributed by atoms with Gasteiger partial charge in [-0.1, -0.05) is 6.08 Å². The van der Waals surface area contributed by atoms with Gasteiger partial charge in [-0.05, 0) is 18.3 Å². The lowest BCUT2D eigenvalue weighted by atomic mass is 10.2. The molecule has 1 rings (SSSR count). The predicted molar refractivity (Wildman–Crippen MR) is 82.8 cm³/mol. The fraction of sp³-hybridized carbons (Fsp3) is 0.167. The number of methoxy groups -OCH3 is 1. The van der Waals surface area contributed by atoms with E-state index in [1.807, 2.05) is 0 Å². The standard InChI is InChI=1S/C12H14N4O4S/c1-3-4-13-12(21)15-14-7-8-5-9(16(18)19)11(17)10(6-8)20-2/h3,5-7,17H,1,4H2,2H3,(H2,13,15,21)/b14-7-. The molecule has 8 nitrogen and oxygen atoms in total. The van der Waals surface area contributed by atoms with Crippen molar-refractivity contribution in [2.75, 3.05) is 13.7 Å². The Morgan fingerprint density at radius 1 is 1.67 bits per heavy atom. The third kappa shape index (κ3) is 4.73. The number of phenolic OH excluding ortho intramolecular Hbond substituents is 1. The highest BCUT2D eigenvalue weighted by Gasteiger charge is 2.19. The smallest absolute Gasteiger partial charge is 0.315 e. The van der Waals surface area contributed by atoms with E-state index in [4.69, 9.17) is 17.0 Å². The van der Waals surface area contributed by atoms with E-state index in [0.717, 1.165) is 0 Å². The summed E-state index contributed by atoms with van der Waals surface area (Å²) in [7, 11) is 1.30. The van der Waals surface area contributed by atoms with Crippen LogP contribution in [-0.4, -0.2) is 35.0 Å². The molecule has 0 amide bonds. The first kappa shape index (κ1) is 16.4. The number of thiocarbonyl (C=S) groups is 1. The van der Waals surface area contributed by atoms with Crippen molar-refractivity contribution in [2.45, 2.75) is 0 Å². The van der Waals surface area contributed by atoms with Crippen LogP contribution in [0.25, 0.3) is 0 Å². The lowest BCUT2D eigenvalue weighted by molar-refractivity contribution is -0.386. The van der Waals surface area contributed by atoms with Crippen LogP contribution in [0.2, 0.25) is 0 Å². The molecule has 0 heterocycles. The van der Waals surface area contributed by atoms with Crippen molar-refractivity contribution >= 4 is 29.2 Å². The fourth-order valence-corrected chi connectivity index (χ4v) is 1.49. The summed E-state index contributed by atoms with van der Waals surface area (Å²) in [6.45, 7) is 4.01. The molecule has 1 aromatic carbocycles. The van der Waals surface area contributed by atoms with Crippen molar-refractivity contribution in [3.8, 4) is 11.5 Å². The predicted octanol–water partition coefficient (Wildman–Crippen LogP) is 1.29. The number of nitro groups is 1. The molecule has 21 heavy (non-hydrogen) atoms. The van der Waals surface area contributed by atoms with Gasteiger partial charge in [0.1, 0.15) is 0 Å². The van der Waals surface area contributed by atoms with E-state index in [1.54, 1.807) is 6.08 Å². The molecule has 0 saturated heterocycles.